The molecule has 2 aromatic carbocycles. The van der Waals surface area contributed by atoms with Gasteiger partial charge in [0.2, 0.25) is 11.8 Å². The largest absolute Gasteiger partial charge is 0.481 e. The molecule has 2 atom stereocenters. The third kappa shape index (κ3) is 5.48. The van der Waals surface area contributed by atoms with E-state index in [-0.39, 0.29) is 28.5 Å². The van der Waals surface area contributed by atoms with Crippen molar-refractivity contribution in [3.05, 3.63) is 91.3 Å². The van der Waals surface area contributed by atoms with Crippen molar-refractivity contribution in [2.24, 2.45) is 14.1 Å². The fraction of sp³-hybridized carbons (Fsp3) is 0.368. The van der Waals surface area contributed by atoms with Gasteiger partial charge >= 0.3 is 5.69 Å². The molecule has 262 valence electrons. The van der Waals surface area contributed by atoms with Gasteiger partial charge in [-0.05, 0) is 67.9 Å². The van der Waals surface area contributed by atoms with Gasteiger partial charge in [0.15, 0.2) is 5.65 Å². The molecule has 1 amide bonds. The van der Waals surface area contributed by atoms with Gasteiger partial charge in [0, 0.05) is 62.0 Å². The number of piperidine rings is 1. The van der Waals surface area contributed by atoms with Crippen LogP contribution >= 0.6 is 11.6 Å². The molecule has 0 unspecified atom stereocenters. The molecular formula is C38H39ClN8O4. The number of pyridine rings is 1. The van der Waals surface area contributed by atoms with Gasteiger partial charge in [-0.15, -0.1) is 0 Å². The number of aromatic nitrogens is 5. The first-order valence-corrected chi connectivity index (χ1v) is 17.7. The van der Waals surface area contributed by atoms with Crippen LogP contribution in [-0.2, 0) is 25.3 Å². The maximum Gasteiger partial charge on any atom is 0.332 e. The molecule has 2 fully saturated rings. The second kappa shape index (κ2) is 12.6. The number of hydrogen-bond donors (Lipinski definition) is 2. The summed E-state index contributed by atoms with van der Waals surface area (Å²) >= 11 is 7.24. The Balaban J connectivity index is 1.12. The molecule has 1 spiro atoms. The van der Waals surface area contributed by atoms with Crippen molar-refractivity contribution < 1.29 is 9.53 Å². The highest BCUT2D eigenvalue weighted by Crippen LogP contribution is 2.47. The highest BCUT2D eigenvalue weighted by atomic mass is 35.5. The van der Waals surface area contributed by atoms with E-state index in [0.717, 1.165) is 89.0 Å². The zero-order valence-corrected chi connectivity index (χ0v) is 29.8. The van der Waals surface area contributed by atoms with Crippen molar-refractivity contribution in [2.75, 3.05) is 25.5 Å². The number of carbonyl (C=O) groups is 1. The van der Waals surface area contributed by atoms with Gasteiger partial charge < -0.3 is 15.4 Å². The molecule has 0 bridgehead atoms. The Morgan fingerprint density at radius 3 is 2.59 bits per heavy atom. The number of ether oxygens (including phenoxy) is 1. The van der Waals surface area contributed by atoms with E-state index >= 15 is 0 Å². The summed E-state index contributed by atoms with van der Waals surface area (Å²) in [6.45, 7) is 3.76. The molecule has 8 rings (SSSR count). The van der Waals surface area contributed by atoms with Crippen LogP contribution in [-0.4, -0.2) is 60.6 Å². The lowest BCUT2D eigenvalue weighted by atomic mass is 9.88. The molecule has 1 aliphatic carbocycles. The fourth-order valence-corrected chi connectivity index (χ4v) is 8.67. The van der Waals surface area contributed by atoms with Crippen molar-refractivity contribution >= 4 is 40.0 Å². The summed E-state index contributed by atoms with van der Waals surface area (Å²) in [4.78, 5) is 54.1. The molecule has 0 radical (unpaired) electrons. The van der Waals surface area contributed by atoms with Crippen LogP contribution in [0.15, 0.2) is 58.4 Å². The number of amides is 1. The van der Waals surface area contributed by atoms with Crippen molar-refractivity contribution in [3.63, 3.8) is 0 Å². The summed E-state index contributed by atoms with van der Waals surface area (Å²) in [6.07, 6.45) is 6.76. The number of aryl methyl sites for hydroxylation is 2. The maximum absolute atomic E-state index is 13.2. The standard InChI is InChI=1S/C38H39ClN8O4/c1-21-23(8-6-11-26(21)42-33-31-34(41-20-40-33)45(2)37(50)46(3)36(31)49)24-9-5-10-25(32(24)39)27-18-22-13-14-28(30(22)35(43-27)51-4)47-17-16-38(19-47)15-7-12-29(48)44-38/h5-6,8-11,18,20,28H,7,12-17,19H2,1-4H3,(H,44,48)(H,40,41,42)/t28-,38+/m0/s1. The monoisotopic (exact) mass is 706 g/mol. The van der Waals surface area contributed by atoms with Gasteiger partial charge in [-0.1, -0.05) is 41.9 Å². The molecule has 51 heavy (non-hydrogen) atoms. The number of halogens is 1. The number of anilines is 2. The van der Waals surface area contributed by atoms with Gasteiger partial charge in [0.25, 0.3) is 5.56 Å². The Hall–Kier alpha value is -5.07. The lowest BCUT2D eigenvalue weighted by molar-refractivity contribution is -0.125. The Morgan fingerprint density at radius 1 is 1.00 bits per heavy atom. The molecular weight excluding hydrogens is 668 g/mol. The van der Waals surface area contributed by atoms with E-state index in [2.05, 4.69) is 31.6 Å². The summed E-state index contributed by atoms with van der Waals surface area (Å²) in [5.74, 6) is 1.08. The quantitative estimate of drug-likeness (QED) is 0.244. The van der Waals surface area contributed by atoms with Crippen LogP contribution in [0.5, 0.6) is 5.88 Å². The Kier molecular flexibility index (Phi) is 8.18. The zero-order chi connectivity index (χ0) is 35.6. The summed E-state index contributed by atoms with van der Waals surface area (Å²) < 4.78 is 8.34. The number of benzene rings is 2. The van der Waals surface area contributed by atoms with Gasteiger partial charge in [-0.2, -0.15) is 0 Å². The third-order valence-corrected chi connectivity index (χ3v) is 11.4. The van der Waals surface area contributed by atoms with E-state index in [1.165, 1.54) is 23.5 Å². The lowest BCUT2D eigenvalue weighted by Gasteiger charge is -2.35. The average molecular weight is 707 g/mol. The summed E-state index contributed by atoms with van der Waals surface area (Å²) in [5, 5.41) is 7.41. The van der Waals surface area contributed by atoms with Gasteiger partial charge in [-0.3, -0.25) is 23.6 Å². The van der Waals surface area contributed by atoms with Crippen molar-refractivity contribution in [3.8, 4) is 28.3 Å². The molecule has 5 aromatic rings. The predicted octanol–water partition coefficient (Wildman–Crippen LogP) is 5.20. The third-order valence-electron chi connectivity index (χ3n) is 11.0. The molecule has 5 heterocycles. The molecule has 2 saturated heterocycles. The summed E-state index contributed by atoms with van der Waals surface area (Å²) in [7, 11) is 4.69. The molecule has 2 aliphatic heterocycles. The second-order valence-corrected chi connectivity index (χ2v) is 14.3. The van der Waals surface area contributed by atoms with Crippen LogP contribution in [0.25, 0.3) is 33.4 Å². The number of likely N-dealkylation sites (tertiary alicyclic amines) is 1. The van der Waals surface area contributed by atoms with E-state index in [1.54, 1.807) is 14.2 Å². The highest BCUT2D eigenvalue weighted by Gasteiger charge is 2.45. The van der Waals surface area contributed by atoms with Crippen molar-refractivity contribution in [1.29, 1.82) is 0 Å². The van der Waals surface area contributed by atoms with Gasteiger partial charge in [-0.25, -0.2) is 19.7 Å². The number of hydrogen-bond acceptors (Lipinski definition) is 9. The van der Waals surface area contributed by atoms with Crippen LogP contribution in [0.2, 0.25) is 5.02 Å². The van der Waals surface area contributed by atoms with Crippen LogP contribution in [0.1, 0.15) is 54.8 Å². The maximum atomic E-state index is 13.2. The van der Waals surface area contributed by atoms with Crippen molar-refractivity contribution in [1.82, 2.24) is 34.3 Å². The SMILES string of the molecule is COc1nc(-c2cccc(-c3cccc(Nc4ncnc5c4c(=O)n(C)c(=O)n5C)c3C)c2Cl)cc2c1[C@@H](N1CC[C@]3(CCCC(=O)N3)C1)CC2. The zero-order valence-electron chi connectivity index (χ0n) is 29.0. The second-order valence-electron chi connectivity index (χ2n) is 13.9. The fourth-order valence-electron chi connectivity index (χ4n) is 8.35. The minimum Gasteiger partial charge on any atom is -0.481 e. The van der Waals surface area contributed by atoms with Crippen LogP contribution in [0, 0.1) is 6.92 Å². The number of rotatable bonds is 6. The molecule has 3 aromatic heterocycles. The molecule has 0 saturated carbocycles. The Morgan fingerprint density at radius 2 is 1.78 bits per heavy atom. The highest BCUT2D eigenvalue weighted by molar-refractivity contribution is 6.36. The van der Waals surface area contributed by atoms with E-state index in [0.29, 0.717) is 23.1 Å². The summed E-state index contributed by atoms with van der Waals surface area (Å²) in [6, 6.07) is 14.1. The molecule has 12 nitrogen and oxygen atoms in total. The van der Waals surface area contributed by atoms with E-state index in [9.17, 15) is 14.4 Å². The Bertz CT molecular complexity index is 2370. The number of methoxy groups -OCH3 is 1. The first-order valence-electron chi connectivity index (χ1n) is 17.3. The smallest absolute Gasteiger partial charge is 0.332 e. The Labute approximate surface area is 299 Å². The first-order chi connectivity index (χ1) is 24.6. The minimum atomic E-state index is -0.480. The van der Waals surface area contributed by atoms with Crippen molar-refractivity contribution in [2.45, 2.75) is 57.0 Å². The lowest BCUT2D eigenvalue weighted by Crippen LogP contribution is -2.53. The van der Waals surface area contributed by atoms with Gasteiger partial charge in [0.1, 0.15) is 17.5 Å². The number of fused-ring (bicyclic) bond motifs is 2. The predicted molar refractivity (Wildman–Crippen MR) is 197 cm³/mol. The minimum absolute atomic E-state index is 0.128. The number of nitrogens with one attached hydrogen (secondary N) is 2. The van der Waals surface area contributed by atoms with Crippen LogP contribution in [0.4, 0.5) is 11.5 Å². The van der Waals surface area contributed by atoms with Crippen LogP contribution in [0.3, 0.4) is 0 Å². The first kappa shape index (κ1) is 33.1. The van der Waals surface area contributed by atoms with E-state index < -0.39 is 11.2 Å². The number of carbonyl (C=O) groups excluding carboxylic acids is 1. The topological polar surface area (TPSA) is 136 Å². The van der Waals surface area contributed by atoms with Crippen LogP contribution < -0.4 is 26.6 Å². The van der Waals surface area contributed by atoms with E-state index in [4.69, 9.17) is 21.3 Å². The van der Waals surface area contributed by atoms with Gasteiger partial charge in [0.05, 0.1) is 23.4 Å². The normalized spacial score (nSPS) is 20.2. The number of nitrogens with zero attached hydrogens (tertiary/aromatic N) is 6. The summed E-state index contributed by atoms with van der Waals surface area (Å²) in [5.41, 5.74) is 6.41. The molecule has 2 N–H and O–H groups in total. The average Bonchev–Trinajstić information content (AvgIpc) is 3.74. The van der Waals surface area contributed by atoms with E-state index in [1.807, 2.05) is 43.3 Å². The molecule has 3 aliphatic rings. The molecule has 13 heteroatoms.